The summed E-state index contributed by atoms with van der Waals surface area (Å²) in [4.78, 5) is 11.1. The predicted molar refractivity (Wildman–Crippen MR) is 85.3 cm³/mol. The van der Waals surface area contributed by atoms with Gasteiger partial charge in [-0.15, -0.1) is 0 Å². The van der Waals surface area contributed by atoms with Crippen LogP contribution in [0, 0.1) is 5.92 Å². The molecule has 0 aromatic carbocycles. The summed E-state index contributed by atoms with van der Waals surface area (Å²) in [6.45, 7) is 3.26. The molecule has 4 rings (SSSR count). The molecular formula is C16H21N5O2. The van der Waals surface area contributed by atoms with Gasteiger partial charge in [0, 0.05) is 27.2 Å². The molecule has 0 aliphatic carbocycles. The number of nitrogens with zero attached hydrogens (tertiary/aromatic N) is 4. The van der Waals surface area contributed by atoms with E-state index >= 15 is 0 Å². The van der Waals surface area contributed by atoms with Crippen molar-refractivity contribution in [3.63, 3.8) is 0 Å². The van der Waals surface area contributed by atoms with Gasteiger partial charge in [0.2, 0.25) is 11.7 Å². The number of rotatable bonds is 3. The molecule has 0 spiro atoms. The van der Waals surface area contributed by atoms with E-state index in [1.54, 1.807) is 0 Å². The van der Waals surface area contributed by atoms with E-state index in [1.165, 1.54) is 0 Å². The third kappa shape index (κ3) is 2.40. The van der Waals surface area contributed by atoms with E-state index in [0.717, 1.165) is 37.5 Å². The Morgan fingerprint density at radius 3 is 3.04 bits per heavy atom. The fraction of sp³-hybridized carbons (Fsp3) is 0.562. The Balaban J connectivity index is 1.63. The molecule has 2 aliphatic rings. The second-order valence-electron chi connectivity index (χ2n) is 6.54. The number of hydrogen-bond acceptors (Lipinski definition) is 7. The average molecular weight is 315 g/mol. The average Bonchev–Trinajstić information content (AvgIpc) is 3.22. The third-order valence-electron chi connectivity index (χ3n) is 4.93. The lowest BCUT2D eigenvalue weighted by Gasteiger charge is -2.34. The summed E-state index contributed by atoms with van der Waals surface area (Å²) in [6, 6.07) is 3.92. The lowest BCUT2D eigenvalue weighted by Crippen LogP contribution is -2.44. The first-order valence-corrected chi connectivity index (χ1v) is 7.95. The van der Waals surface area contributed by atoms with Gasteiger partial charge in [-0.05, 0) is 31.0 Å². The highest BCUT2D eigenvalue weighted by Crippen LogP contribution is 2.40. The van der Waals surface area contributed by atoms with Crippen LogP contribution >= 0.6 is 0 Å². The quantitative estimate of drug-likeness (QED) is 0.908. The molecule has 4 heterocycles. The first-order valence-electron chi connectivity index (χ1n) is 7.95. The standard InChI is InChI=1S/C16H21N5O2/c1-21(2)12-3-4-13(18-8-12)14-19-15(23-20-14)16-9-17-7-11(16)5-6-22-10-16/h3-4,8,11,17H,5-7,9-10H2,1-2H3/t11-,16+/m1/s1. The van der Waals surface area contributed by atoms with Crippen LogP contribution in [0.4, 0.5) is 5.69 Å². The van der Waals surface area contributed by atoms with E-state index in [9.17, 15) is 0 Å². The Morgan fingerprint density at radius 2 is 2.26 bits per heavy atom. The van der Waals surface area contributed by atoms with Gasteiger partial charge in [-0.1, -0.05) is 5.16 Å². The highest BCUT2D eigenvalue weighted by molar-refractivity contribution is 5.53. The monoisotopic (exact) mass is 315 g/mol. The Bertz CT molecular complexity index is 684. The first kappa shape index (κ1) is 14.6. The van der Waals surface area contributed by atoms with E-state index in [1.807, 2.05) is 37.3 Å². The van der Waals surface area contributed by atoms with E-state index in [2.05, 4.69) is 20.4 Å². The zero-order valence-corrected chi connectivity index (χ0v) is 13.5. The molecule has 7 heteroatoms. The van der Waals surface area contributed by atoms with E-state index in [0.29, 0.717) is 24.2 Å². The second kappa shape index (κ2) is 5.58. The van der Waals surface area contributed by atoms with Gasteiger partial charge in [0.25, 0.3) is 0 Å². The fourth-order valence-corrected chi connectivity index (χ4v) is 3.46. The molecule has 2 aromatic rings. The smallest absolute Gasteiger partial charge is 0.237 e. The van der Waals surface area contributed by atoms with E-state index < -0.39 is 0 Å². The molecule has 2 aliphatic heterocycles. The molecule has 122 valence electrons. The third-order valence-corrected chi connectivity index (χ3v) is 4.93. The molecule has 2 saturated heterocycles. The zero-order valence-electron chi connectivity index (χ0n) is 13.5. The van der Waals surface area contributed by atoms with Crippen molar-refractivity contribution in [2.75, 3.05) is 45.3 Å². The molecule has 1 N–H and O–H groups in total. The Labute approximate surface area is 135 Å². The van der Waals surface area contributed by atoms with Crippen LogP contribution in [-0.4, -0.2) is 55.5 Å². The molecule has 2 fully saturated rings. The molecule has 0 radical (unpaired) electrons. The molecule has 23 heavy (non-hydrogen) atoms. The van der Waals surface area contributed by atoms with Gasteiger partial charge < -0.3 is 19.5 Å². The molecule has 0 saturated carbocycles. The van der Waals surface area contributed by atoms with Crippen LogP contribution in [0.2, 0.25) is 0 Å². The van der Waals surface area contributed by atoms with Crippen molar-refractivity contribution < 1.29 is 9.26 Å². The summed E-state index contributed by atoms with van der Waals surface area (Å²) in [7, 11) is 3.97. The zero-order chi connectivity index (χ0) is 15.9. The SMILES string of the molecule is CN(C)c1ccc(-c2noc([C@]34CNC[C@H]3CCOC4)n2)nc1. The van der Waals surface area contributed by atoms with Crippen molar-refractivity contribution in [3.8, 4) is 11.5 Å². The molecule has 0 unspecified atom stereocenters. The number of anilines is 1. The molecule has 2 atom stereocenters. The van der Waals surface area contributed by atoms with Gasteiger partial charge in [-0.3, -0.25) is 4.98 Å². The van der Waals surface area contributed by atoms with Gasteiger partial charge >= 0.3 is 0 Å². The van der Waals surface area contributed by atoms with Crippen LogP contribution in [0.25, 0.3) is 11.5 Å². The van der Waals surface area contributed by atoms with Gasteiger partial charge in [-0.25, -0.2) is 0 Å². The normalized spacial score (nSPS) is 27.0. The van der Waals surface area contributed by atoms with Crippen molar-refractivity contribution in [2.45, 2.75) is 11.8 Å². The number of fused-ring (bicyclic) bond motifs is 1. The summed E-state index contributed by atoms with van der Waals surface area (Å²) < 4.78 is 11.3. The van der Waals surface area contributed by atoms with E-state index in [-0.39, 0.29) is 5.41 Å². The van der Waals surface area contributed by atoms with Gasteiger partial charge in [-0.2, -0.15) is 4.98 Å². The maximum absolute atomic E-state index is 5.71. The van der Waals surface area contributed by atoms with Crippen molar-refractivity contribution in [3.05, 3.63) is 24.2 Å². The Kier molecular flexibility index (Phi) is 3.54. The minimum atomic E-state index is -0.187. The summed E-state index contributed by atoms with van der Waals surface area (Å²) in [6.07, 6.45) is 2.84. The molecule has 7 nitrogen and oxygen atoms in total. The fourth-order valence-electron chi connectivity index (χ4n) is 3.46. The first-order chi connectivity index (χ1) is 11.2. The predicted octanol–water partition coefficient (Wildman–Crippen LogP) is 1.08. The Morgan fingerprint density at radius 1 is 1.35 bits per heavy atom. The molecular weight excluding hydrogens is 294 g/mol. The summed E-state index contributed by atoms with van der Waals surface area (Å²) in [5.41, 5.74) is 1.57. The number of nitrogens with one attached hydrogen (secondary N) is 1. The lowest BCUT2D eigenvalue weighted by atomic mass is 9.75. The number of aromatic nitrogens is 3. The number of hydrogen-bond donors (Lipinski definition) is 1. The lowest BCUT2D eigenvalue weighted by molar-refractivity contribution is 0.00198. The maximum atomic E-state index is 5.71. The second-order valence-corrected chi connectivity index (χ2v) is 6.54. The van der Waals surface area contributed by atoms with Gasteiger partial charge in [0.15, 0.2) is 0 Å². The van der Waals surface area contributed by atoms with Crippen LogP contribution in [0.1, 0.15) is 12.3 Å². The minimum Gasteiger partial charge on any atom is -0.380 e. The molecule has 2 aromatic heterocycles. The topological polar surface area (TPSA) is 76.3 Å². The van der Waals surface area contributed by atoms with Crippen LogP contribution in [0.5, 0.6) is 0 Å². The number of ether oxygens (including phenoxy) is 1. The van der Waals surface area contributed by atoms with Gasteiger partial charge in [0.05, 0.1) is 23.9 Å². The van der Waals surface area contributed by atoms with Crippen LogP contribution in [0.3, 0.4) is 0 Å². The highest BCUT2D eigenvalue weighted by atomic mass is 16.5. The summed E-state index contributed by atoms with van der Waals surface area (Å²) >= 11 is 0. The van der Waals surface area contributed by atoms with Crippen molar-refractivity contribution in [1.29, 1.82) is 0 Å². The van der Waals surface area contributed by atoms with Crippen LogP contribution in [0.15, 0.2) is 22.9 Å². The Hall–Kier alpha value is -1.99. The van der Waals surface area contributed by atoms with Gasteiger partial charge in [0.1, 0.15) is 5.69 Å². The number of pyridine rings is 1. The summed E-state index contributed by atoms with van der Waals surface area (Å²) in [5.74, 6) is 1.70. The molecule has 0 bridgehead atoms. The van der Waals surface area contributed by atoms with Crippen LogP contribution < -0.4 is 10.2 Å². The van der Waals surface area contributed by atoms with Crippen LogP contribution in [-0.2, 0) is 10.2 Å². The van der Waals surface area contributed by atoms with Crippen molar-refractivity contribution in [1.82, 2.24) is 20.4 Å². The maximum Gasteiger partial charge on any atom is 0.237 e. The molecule has 0 amide bonds. The summed E-state index contributed by atoms with van der Waals surface area (Å²) in [5, 5.41) is 7.59. The van der Waals surface area contributed by atoms with Crippen molar-refractivity contribution >= 4 is 5.69 Å². The largest absolute Gasteiger partial charge is 0.380 e. The minimum absolute atomic E-state index is 0.187. The highest BCUT2D eigenvalue weighted by Gasteiger charge is 2.50. The van der Waals surface area contributed by atoms with Crippen molar-refractivity contribution in [2.24, 2.45) is 5.92 Å². The van der Waals surface area contributed by atoms with E-state index in [4.69, 9.17) is 9.26 Å².